The van der Waals surface area contributed by atoms with Crippen molar-refractivity contribution in [2.24, 2.45) is 0 Å². The van der Waals surface area contributed by atoms with Crippen molar-refractivity contribution in [2.75, 3.05) is 12.8 Å². The monoisotopic (exact) mass is 386 g/mol. The highest BCUT2D eigenvalue weighted by atomic mass is 32.2. The smallest absolute Gasteiger partial charge is 0.360 e. The van der Waals surface area contributed by atoms with Gasteiger partial charge in [-0.2, -0.15) is 0 Å². The fourth-order valence-electron chi connectivity index (χ4n) is 3.29. The minimum Gasteiger partial charge on any atom is -0.465 e. The van der Waals surface area contributed by atoms with Crippen LogP contribution in [0.3, 0.4) is 0 Å². The summed E-state index contributed by atoms with van der Waals surface area (Å²) in [5, 5.41) is 1.95. The van der Waals surface area contributed by atoms with Crippen LogP contribution < -0.4 is 10.7 Å². The molecule has 0 atom stereocenters. The van der Waals surface area contributed by atoms with Crippen LogP contribution in [-0.2, 0) is 23.3 Å². The molecule has 0 aliphatic heterocycles. The third-order valence-corrected chi connectivity index (χ3v) is 6.77. The van der Waals surface area contributed by atoms with Gasteiger partial charge in [-0.25, -0.2) is 9.78 Å². The molecule has 0 saturated carbocycles. The fourth-order valence-corrected chi connectivity index (χ4v) is 5.49. The standard InChI is InChI=1S/C19H19N3O2S2/c1-24-18(23)12-8-6-11(7-9-12)10-25-19-21-16(20)15-13-4-2-3-5-14(13)26-17(15)22-19/h6-9H,2-5,10H2,1H3,(H2,20,21,22)/p+1. The van der Waals surface area contributed by atoms with Crippen LogP contribution in [0.2, 0.25) is 0 Å². The van der Waals surface area contributed by atoms with Gasteiger partial charge < -0.3 is 10.5 Å². The van der Waals surface area contributed by atoms with Crippen molar-refractivity contribution in [3.8, 4) is 0 Å². The van der Waals surface area contributed by atoms with E-state index in [1.54, 1.807) is 23.9 Å². The van der Waals surface area contributed by atoms with Crippen molar-refractivity contribution in [3.63, 3.8) is 0 Å². The van der Waals surface area contributed by atoms with E-state index >= 15 is 0 Å². The summed E-state index contributed by atoms with van der Waals surface area (Å²) in [7, 11) is 1.39. The lowest BCUT2D eigenvalue weighted by atomic mass is 9.97. The number of thiophene rings is 1. The highest BCUT2D eigenvalue weighted by Crippen LogP contribution is 2.37. The Labute approximate surface area is 160 Å². The molecule has 134 valence electrons. The molecule has 2 aromatic heterocycles. The Morgan fingerprint density at radius 1 is 1.31 bits per heavy atom. The van der Waals surface area contributed by atoms with Crippen LogP contribution >= 0.6 is 23.1 Å². The van der Waals surface area contributed by atoms with Gasteiger partial charge in [0.2, 0.25) is 0 Å². The van der Waals surface area contributed by atoms with Crippen molar-refractivity contribution in [1.29, 1.82) is 0 Å². The predicted molar refractivity (Wildman–Crippen MR) is 105 cm³/mol. The van der Waals surface area contributed by atoms with Gasteiger partial charge in [0, 0.05) is 10.6 Å². The summed E-state index contributed by atoms with van der Waals surface area (Å²) in [5.74, 6) is 1.06. The lowest BCUT2D eigenvalue weighted by molar-refractivity contribution is -0.399. The summed E-state index contributed by atoms with van der Waals surface area (Å²) in [4.78, 5) is 22.1. The van der Waals surface area contributed by atoms with Gasteiger partial charge in [0.1, 0.15) is 5.39 Å². The highest BCUT2D eigenvalue weighted by Gasteiger charge is 2.24. The van der Waals surface area contributed by atoms with Crippen molar-refractivity contribution in [3.05, 3.63) is 45.8 Å². The normalized spacial score (nSPS) is 13.6. The van der Waals surface area contributed by atoms with Crippen LogP contribution in [0, 0.1) is 0 Å². The van der Waals surface area contributed by atoms with Gasteiger partial charge in [-0.15, -0.1) is 0 Å². The number of nitrogen functional groups attached to an aromatic ring is 1. The lowest BCUT2D eigenvalue weighted by Gasteiger charge is -2.09. The number of carbonyl (C=O) groups is 1. The minimum atomic E-state index is -0.320. The summed E-state index contributed by atoms with van der Waals surface area (Å²) >= 11 is 3.43. The number of nitrogens with one attached hydrogen (secondary N) is 1. The molecule has 7 heteroatoms. The molecule has 3 N–H and O–H groups in total. The van der Waals surface area contributed by atoms with Crippen LogP contribution in [0.4, 0.5) is 5.82 Å². The summed E-state index contributed by atoms with van der Waals surface area (Å²) in [6.45, 7) is 0. The first-order chi connectivity index (χ1) is 12.7. The van der Waals surface area contributed by atoms with E-state index in [9.17, 15) is 4.79 Å². The van der Waals surface area contributed by atoms with E-state index in [4.69, 9.17) is 10.5 Å². The Morgan fingerprint density at radius 2 is 2.08 bits per heavy atom. The second-order valence-electron chi connectivity index (χ2n) is 6.32. The van der Waals surface area contributed by atoms with Gasteiger partial charge in [0.25, 0.3) is 5.82 Å². The Morgan fingerprint density at radius 3 is 2.85 bits per heavy atom. The number of nitrogens with zero attached hydrogens (tertiary/aromatic N) is 1. The van der Waals surface area contributed by atoms with Crippen LogP contribution in [0.1, 0.15) is 39.2 Å². The fraction of sp³-hybridized carbons (Fsp3) is 0.316. The first-order valence-electron chi connectivity index (χ1n) is 8.59. The second-order valence-corrected chi connectivity index (χ2v) is 8.39. The molecule has 5 nitrogen and oxygen atoms in total. The summed E-state index contributed by atoms with van der Waals surface area (Å²) < 4.78 is 4.72. The maximum Gasteiger partial charge on any atom is 0.360 e. The van der Waals surface area contributed by atoms with E-state index < -0.39 is 0 Å². The number of ether oxygens (including phenoxy) is 1. The summed E-state index contributed by atoms with van der Waals surface area (Å²) in [6, 6.07) is 7.43. The summed E-state index contributed by atoms with van der Waals surface area (Å²) in [6.07, 6.45) is 4.75. The quantitative estimate of drug-likeness (QED) is 0.421. The van der Waals surface area contributed by atoms with E-state index in [2.05, 4.69) is 9.97 Å². The summed E-state index contributed by atoms with van der Waals surface area (Å²) in [5.41, 5.74) is 9.34. The number of aryl methyl sites for hydroxylation is 2. The molecule has 1 aliphatic rings. The number of benzene rings is 1. The maximum absolute atomic E-state index is 11.5. The number of anilines is 1. The molecule has 0 radical (unpaired) electrons. The Hall–Kier alpha value is -2.12. The topological polar surface area (TPSA) is 79.3 Å². The Bertz CT molecular complexity index is 967. The van der Waals surface area contributed by atoms with Gasteiger partial charge in [-0.3, -0.25) is 0 Å². The van der Waals surface area contributed by atoms with E-state index in [0.717, 1.165) is 39.5 Å². The van der Waals surface area contributed by atoms with Gasteiger partial charge in [0.15, 0.2) is 4.83 Å². The second kappa shape index (κ2) is 7.25. The molecule has 1 aliphatic carbocycles. The predicted octanol–water partition coefficient (Wildman–Crippen LogP) is 3.65. The number of aromatic amines is 1. The average molecular weight is 387 g/mol. The number of hydrogen-bond donors (Lipinski definition) is 1. The number of carbonyl (C=O) groups excluding carboxylic acids is 1. The first-order valence-corrected chi connectivity index (χ1v) is 10.4. The van der Waals surface area contributed by atoms with E-state index in [-0.39, 0.29) is 5.97 Å². The molecule has 3 aromatic rings. The van der Waals surface area contributed by atoms with Crippen LogP contribution in [0.5, 0.6) is 0 Å². The molecule has 26 heavy (non-hydrogen) atoms. The van der Waals surface area contributed by atoms with Crippen molar-refractivity contribution >= 4 is 45.1 Å². The van der Waals surface area contributed by atoms with Crippen LogP contribution in [-0.4, -0.2) is 18.1 Å². The van der Waals surface area contributed by atoms with Crippen molar-refractivity contribution in [1.82, 2.24) is 4.98 Å². The SMILES string of the molecule is COC(=O)c1ccc(CSc2nc(N)c3c4c(sc3[nH+]2)CCCC4)cc1. The highest BCUT2D eigenvalue weighted by molar-refractivity contribution is 7.98. The molecule has 2 heterocycles. The number of fused-ring (bicyclic) bond motifs is 3. The molecule has 4 rings (SSSR count). The van der Waals surface area contributed by atoms with Crippen molar-refractivity contribution < 1.29 is 14.5 Å². The maximum atomic E-state index is 11.5. The number of aromatic nitrogens is 2. The molecule has 0 unspecified atom stereocenters. The molecular weight excluding hydrogens is 366 g/mol. The molecule has 0 saturated heterocycles. The third-order valence-electron chi connectivity index (χ3n) is 4.62. The number of nitrogens with two attached hydrogens (primary N) is 1. The Balaban J connectivity index is 1.53. The number of esters is 1. The third kappa shape index (κ3) is 3.29. The van der Waals surface area contributed by atoms with Gasteiger partial charge in [0.05, 0.1) is 12.7 Å². The van der Waals surface area contributed by atoms with Crippen LogP contribution in [0.25, 0.3) is 10.2 Å². The van der Waals surface area contributed by atoms with Crippen molar-refractivity contribution in [2.45, 2.75) is 36.6 Å². The van der Waals surface area contributed by atoms with Gasteiger partial charge in [-0.1, -0.05) is 23.5 Å². The number of hydrogen-bond acceptors (Lipinski definition) is 6. The van der Waals surface area contributed by atoms with E-state index in [1.165, 1.54) is 30.4 Å². The van der Waals surface area contributed by atoms with Crippen LogP contribution in [0.15, 0.2) is 29.4 Å². The molecular formula is C19H20N3O2S2+. The molecule has 0 spiro atoms. The zero-order chi connectivity index (χ0) is 18.1. The van der Waals surface area contributed by atoms with Gasteiger partial charge in [-0.05, 0) is 65.7 Å². The first kappa shape index (κ1) is 17.3. The zero-order valence-corrected chi connectivity index (χ0v) is 16.1. The van der Waals surface area contributed by atoms with Gasteiger partial charge >= 0.3 is 11.1 Å². The van der Waals surface area contributed by atoms with E-state index in [0.29, 0.717) is 11.4 Å². The molecule has 0 amide bonds. The zero-order valence-electron chi connectivity index (χ0n) is 14.5. The largest absolute Gasteiger partial charge is 0.465 e. The molecule has 1 aromatic carbocycles. The average Bonchev–Trinajstić information content (AvgIpc) is 3.05. The van der Waals surface area contributed by atoms with E-state index in [1.807, 2.05) is 23.5 Å². The number of thioether (sulfide) groups is 1. The number of rotatable bonds is 4. The molecule has 0 fully saturated rings. The lowest BCUT2D eigenvalue weighted by Crippen LogP contribution is -2.11. The molecule has 0 bridgehead atoms. The Kier molecular flexibility index (Phi) is 4.82. The number of H-pyrrole nitrogens is 1. The number of methoxy groups -OCH3 is 1. The minimum absolute atomic E-state index is 0.320.